The molecule has 0 unspecified atom stereocenters. The predicted octanol–water partition coefficient (Wildman–Crippen LogP) is 3.58. The number of aryl methyl sites for hydroxylation is 1. The van der Waals surface area contributed by atoms with Crippen molar-refractivity contribution in [2.24, 2.45) is 11.8 Å². The molecule has 4 rings (SSSR count). The van der Waals surface area contributed by atoms with Gasteiger partial charge >= 0.3 is 0 Å². The van der Waals surface area contributed by atoms with Crippen molar-refractivity contribution in [1.82, 2.24) is 15.2 Å². The van der Waals surface area contributed by atoms with Crippen LogP contribution < -0.4 is 15.5 Å². The number of anilines is 2. The monoisotopic (exact) mass is 495 g/mol. The molecular formula is C28H41N5O3. The Kier molecular flexibility index (Phi) is 9.15. The fraction of sp³-hybridized carbons (Fsp3) is 0.607. The van der Waals surface area contributed by atoms with Crippen molar-refractivity contribution >= 4 is 34.2 Å². The van der Waals surface area contributed by atoms with Crippen molar-refractivity contribution in [1.29, 1.82) is 0 Å². The first kappa shape index (κ1) is 26.4. The second kappa shape index (κ2) is 12.5. The summed E-state index contributed by atoms with van der Waals surface area (Å²) in [6.45, 7) is 13.8. The lowest BCUT2D eigenvalue weighted by atomic mass is 9.92. The highest BCUT2D eigenvalue weighted by molar-refractivity contribution is 5.96. The van der Waals surface area contributed by atoms with Gasteiger partial charge in [-0.15, -0.1) is 0 Å². The minimum Gasteiger partial charge on any atom is -0.378 e. The third kappa shape index (κ3) is 7.40. The number of carbonyl (C=O) groups excluding carboxylic acids is 2. The number of morpholine rings is 1. The average Bonchev–Trinajstić information content (AvgIpc) is 2.85. The predicted molar refractivity (Wildman–Crippen MR) is 144 cm³/mol. The van der Waals surface area contributed by atoms with Crippen molar-refractivity contribution in [3.63, 3.8) is 0 Å². The Morgan fingerprint density at radius 1 is 1.06 bits per heavy atom. The highest BCUT2D eigenvalue weighted by Crippen LogP contribution is 2.26. The normalized spacial score (nSPS) is 20.9. The zero-order chi connectivity index (χ0) is 25.5. The lowest BCUT2D eigenvalue weighted by Gasteiger charge is -2.34. The number of ether oxygens (including phenoxy) is 1. The van der Waals surface area contributed by atoms with Crippen LogP contribution >= 0.6 is 0 Å². The Labute approximate surface area is 214 Å². The molecule has 0 radical (unpaired) electrons. The number of rotatable bonds is 9. The van der Waals surface area contributed by atoms with Crippen LogP contribution in [0.15, 0.2) is 24.3 Å². The summed E-state index contributed by atoms with van der Waals surface area (Å²) in [4.78, 5) is 34.2. The third-order valence-electron chi connectivity index (χ3n) is 7.12. The first-order valence-corrected chi connectivity index (χ1v) is 13.4. The molecule has 2 aliphatic rings. The van der Waals surface area contributed by atoms with Gasteiger partial charge in [0.2, 0.25) is 11.8 Å². The van der Waals surface area contributed by atoms with Crippen molar-refractivity contribution in [3.05, 3.63) is 29.8 Å². The van der Waals surface area contributed by atoms with Crippen LogP contribution in [0.1, 0.15) is 45.1 Å². The fourth-order valence-electron chi connectivity index (χ4n) is 5.45. The number of carbonyl (C=O) groups is 2. The summed E-state index contributed by atoms with van der Waals surface area (Å²) in [5.74, 6) is 2.23. The molecule has 2 aromatic rings. The Morgan fingerprint density at radius 2 is 1.78 bits per heavy atom. The molecule has 3 heterocycles. The Balaban J connectivity index is 1.20. The van der Waals surface area contributed by atoms with Gasteiger partial charge in [0.25, 0.3) is 0 Å². The standard InChI is InChI=1S/C28H41N5O3/c1-20-15-21(2)19-32(18-20)10-4-9-29-27(34)7-8-28(35)30-23-5-6-25-24(17-23)22(3)16-26(31-25)33-11-13-36-14-12-33/h5-6,16-17,20-21H,4,7-15,18-19H2,1-3H3,(H,29,34)(H,30,35)/t20-,21+. The Bertz CT molecular complexity index is 1040. The lowest BCUT2D eigenvalue weighted by molar-refractivity contribution is -0.124. The van der Waals surface area contributed by atoms with Gasteiger partial charge in [-0.2, -0.15) is 0 Å². The zero-order valence-electron chi connectivity index (χ0n) is 22.0. The fourth-order valence-corrected chi connectivity index (χ4v) is 5.45. The maximum absolute atomic E-state index is 12.5. The molecule has 1 aromatic heterocycles. The van der Waals surface area contributed by atoms with Gasteiger partial charge in [-0.05, 0) is 68.0 Å². The van der Waals surface area contributed by atoms with Gasteiger partial charge < -0.3 is 25.2 Å². The van der Waals surface area contributed by atoms with Crippen LogP contribution in [-0.4, -0.2) is 74.2 Å². The van der Waals surface area contributed by atoms with Gasteiger partial charge in [0.05, 0.1) is 18.7 Å². The number of fused-ring (bicyclic) bond motifs is 1. The first-order chi connectivity index (χ1) is 17.4. The maximum atomic E-state index is 12.5. The molecule has 2 aliphatic heterocycles. The molecule has 1 aromatic carbocycles. The largest absolute Gasteiger partial charge is 0.378 e. The van der Waals surface area contributed by atoms with E-state index >= 15 is 0 Å². The molecule has 2 atom stereocenters. The zero-order valence-corrected chi connectivity index (χ0v) is 22.0. The number of benzene rings is 1. The number of piperidine rings is 1. The number of nitrogens with zero attached hydrogens (tertiary/aromatic N) is 3. The molecule has 0 bridgehead atoms. The number of pyridine rings is 1. The van der Waals surface area contributed by atoms with Crippen LogP contribution in [0.3, 0.4) is 0 Å². The van der Waals surface area contributed by atoms with Crippen LogP contribution in [0.2, 0.25) is 0 Å². The SMILES string of the molecule is Cc1cc(N2CCOCC2)nc2ccc(NC(=O)CCC(=O)NCCCN3C[C@H](C)C[C@H](C)C3)cc12. The Morgan fingerprint density at radius 3 is 2.53 bits per heavy atom. The topological polar surface area (TPSA) is 86.8 Å². The summed E-state index contributed by atoms with van der Waals surface area (Å²) in [7, 11) is 0. The smallest absolute Gasteiger partial charge is 0.224 e. The molecule has 0 saturated carbocycles. The maximum Gasteiger partial charge on any atom is 0.224 e. The lowest BCUT2D eigenvalue weighted by Crippen LogP contribution is -2.40. The molecule has 0 aliphatic carbocycles. The summed E-state index contributed by atoms with van der Waals surface area (Å²) in [5, 5.41) is 6.91. The van der Waals surface area contributed by atoms with Crippen LogP contribution in [0.25, 0.3) is 10.9 Å². The number of hydrogen-bond acceptors (Lipinski definition) is 6. The highest BCUT2D eigenvalue weighted by atomic mass is 16.5. The molecule has 0 spiro atoms. The molecule has 8 heteroatoms. The van der Waals surface area contributed by atoms with E-state index in [1.807, 2.05) is 18.2 Å². The van der Waals surface area contributed by atoms with E-state index < -0.39 is 0 Å². The van der Waals surface area contributed by atoms with E-state index in [9.17, 15) is 9.59 Å². The molecule has 2 fully saturated rings. The summed E-state index contributed by atoms with van der Waals surface area (Å²) in [5.41, 5.74) is 2.75. The summed E-state index contributed by atoms with van der Waals surface area (Å²) >= 11 is 0. The molecule has 36 heavy (non-hydrogen) atoms. The van der Waals surface area contributed by atoms with E-state index in [1.165, 1.54) is 6.42 Å². The van der Waals surface area contributed by atoms with E-state index in [-0.39, 0.29) is 24.7 Å². The number of hydrogen-bond donors (Lipinski definition) is 2. The summed E-state index contributed by atoms with van der Waals surface area (Å²) in [6.07, 6.45) is 2.61. The van der Waals surface area contributed by atoms with E-state index in [2.05, 4.69) is 47.3 Å². The average molecular weight is 496 g/mol. The second-order valence-corrected chi connectivity index (χ2v) is 10.6. The van der Waals surface area contributed by atoms with Crippen LogP contribution in [-0.2, 0) is 14.3 Å². The number of nitrogens with one attached hydrogen (secondary N) is 2. The molecule has 196 valence electrons. The highest BCUT2D eigenvalue weighted by Gasteiger charge is 2.21. The Hall–Kier alpha value is -2.71. The number of likely N-dealkylation sites (tertiary alicyclic amines) is 1. The van der Waals surface area contributed by atoms with E-state index in [4.69, 9.17) is 9.72 Å². The van der Waals surface area contributed by atoms with Gasteiger partial charge in [0.1, 0.15) is 5.82 Å². The minimum atomic E-state index is -0.156. The second-order valence-electron chi connectivity index (χ2n) is 10.6. The van der Waals surface area contributed by atoms with Gasteiger partial charge in [0, 0.05) is 56.6 Å². The van der Waals surface area contributed by atoms with E-state index in [0.29, 0.717) is 6.54 Å². The van der Waals surface area contributed by atoms with E-state index in [1.54, 1.807) is 0 Å². The van der Waals surface area contributed by atoms with E-state index in [0.717, 1.165) is 92.2 Å². The number of aromatic nitrogens is 1. The quantitative estimate of drug-likeness (QED) is 0.517. The van der Waals surface area contributed by atoms with Crippen molar-refractivity contribution in [2.75, 3.05) is 62.7 Å². The molecule has 2 amide bonds. The van der Waals surface area contributed by atoms with Gasteiger partial charge in [-0.25, -0.2) is 4.98 Å². The first-order valence-electron chi connectivity index (χ1n) is 13.4. The van der Waals surface area contributed by atoms with Crippen molar-refractivity contribution in [3.8, 4) is 0 Å². The number of amides is 2. The molecule has 2 saturated heterocycles. The van der Waals surface area contributed by atoms with Crippen LogP contribution in [0.5, 0.6) is 0 Å². The van der Waals surface area contributed by atoms with Crippen LogP contribution in [0.4, 0.5) is 11.5 Å². The van der Waals surface area contributed by atoms with Crippen molar-refractivity contribution in [2.45, 2.75) is 46.5 Å². The molecule has 8 nitrogen and oxygen atoms in total. The van der Waals surface area contributed by atoms with Crippen LogP contribution in [0, 0.1) is 18.8 Å². The summed E-state index contributed by atoms with van der Waals surface area (Å²) in [6, 6.07) is 7.87. The van der Waals surface area contributed by atoms with Gasteiger partial charge in [-0.3, -0.25) is 9.59 Å². The third-order valence-corrected chi connectivity index (χ3v) is 7.12. The van der Waals surface area contributed by atoms with Gasteiger partial charge in [-0.1, -0.05) is 13.8 Å². The minimum absolute atomic E-state index is 0.0697. The molecular weight excluding hydrogens is 454 g/mol. The molecule has 2 N–H and O–H groups in total. The van der Waals surface area contributed by atoms with Gasteiger partial charge in [0.15, 0.2) is 0 Å². The van der Waals surface area contributed by atoms with Crippen molar-refractivity contribution < 1.29 is 14.3 Å². The summed E-state index contributed by atoms with van der Waals surface area (Å²) < 4.78 is 5.44.